The third-order valence-electron chi connectivity index (χ3n) is 13.8. The normalized spacial score (nSPS) is 17.3. The number of ether oxygens (including phenoxy) is 2. The van der Waals surface area contributed by atoms with Gasteiger partial charge in [-0.2, -0.15) is 0 Å². The Morgan fingerprint density at radius 3 is 2.06 bits per heavy atom. The summed E-state index contributed by atoms with van der Waals surface area (Å²) in [5.41, 5.74) is 12.8. The van der Waals surface area contributed by atoms with Gasteiger partial charge in [0.1, 0.15) is 24.7 Å². The van der Waals surface area contributed by atoms with Gasteiger partial charge in [-0.25, -0.2) is 4.79 Å². The second-order valence-corrected chi connectivity index (χ2v) is 20.0. The lowest BCUT2D eigenvalue weighted by atomic mass is 9.89. The largest absolute Gasteiger partial charge is 0.445 e. The van der Waals surface area contributed by atoms with Crippen LogP contribution in [0.3, 0.4) is 0 Å². The monoisotopic (exact) mass is 1010 g/mol. The van der Waals surface area contributed by atoms with Crippen LogP contribution in [-0.4, -0.2) is 145 Å². The number of aliphatic hydroxyl groups is 1. The zero-order valence-corrected chi connectivity index (χ0v) is 44.5. The molecule has 19 heteroatoms. The lowest BCUT2D eigenvalue weighted by molar-refractivity contribution is -0.146. The van der Waals surface area contributed by atoms with E-state index in [0.29, 0.717) is 55.6 Å². The Bertz CT molecular complexity index is 2060. The van der Waals surface area contributed by atoms with E-state index in [1.807, 2.05) is 69.9 Å². The van der Waals surface area contributed by atoms with Crippen molar-refractivity contribution in [2.75, 3.05) is 46.2 Å². The van der Waals surface area contributed by atoms with Crippen LogP contribution < -0.4 is 32.7 Å². The maximum atomic E-state index is 14.6. The minimum Gasteiger partial charge on any atom is -0.445 e. The van der Waals surface area contributed by atoms with Crippen LogP contribution in [0.25, 0.3) is 0 Å². The SMILES string of the molecule is CC[C@H](C)[C@@H]([C@@H](CC(=O)N1CCC[C@H]1C[C@@H](C)C(=O)N[C@H](C)[C@@H](O)c1ccccc1)OC)N(C)C(=O)[C@@H](NC(=O)[C@H](C(C)C)N(C)C(=O)OCc1ccc(NC(=O)[C@H](CCCN)NC(=O)CN)cc1)C(C)C. The predicted molar refractivity (Wildman–Crippen MR) is 277 cm³/mol. The summed E-state index contributed by atoms with van der Waals surface area (Å²) in [4.78, 5) is 99.2. The van der Waals surface area contributed by atoms with Crippen molar-refractivity contribution in [1.82, 2.24) is 30.7 Å². The number of benzene rings is 2. The first-order valence-corrected chi connectivity index (χ1v) is 25.5. The number of likely N-dealkylation sites (N-methyl/N-ethyl adjacent to an activating group) is 2. The average molecular weight is 1010 g/mol. The van der Waals surface area contributed by atoms with E-state index in [1.54, 1.807) is 57.0 Å². The fourth-order valence-corrected chi connectivity index (χ4v) is 9.34. The number of methoxy groups -OCH3 is 1. The fourth-order valence-electron chi connectivity index (χ4n) is 9.34. The fraction of sp³-hybridized carbons (Fsp3) is 0.642. The van der Waals surface area contributed by atoms with Gasteiger partial charge in [0.2, 0.25) is 35.4 Å². The highest BCUT2D eigenvalue weighted by atomic mass is 16.6. The van der Waals surface area contributed by atoms with Crippen molar-refractivity contribution in [2.24, 2.45) is 35.1 Å². The summed E-state index contributed by atoms with van der Waals surface area (Å²) < 4.78 is 11.7. The summed E-state index contributed by atoms with van der Waals surface area (Å²) in [5, 5.41) is 22.1. The van der Waals surface area contributed by atoms with Gasteiger partial charge in [0.05, 0.1) is 37.3 Å². The zero-order valence-electron chi connectivity index (χ0n) is 44.5. The number of rotatable bonds is 28. The molecule has 0 aromatic heterocycles. The molecule has 0 spiro atoms. The first-order chi connectivity index (χ1) is 34.1. The molecule has 402 valence electrons. The van der Waals surface area contributed by atoms with Gasteiger partial charge in [0.25, 0.3) is 0 Å². The molecule has 0 bridgehead atoms. The Morgan fingerprint density at radius 1 is 0.833 bits per heavy atom. The standard InChI is InChI=1S/C53H85N9O10/c1-12-34(6)47(42(71-11)29-44(64)62-27-17-20-40(62)28-35(7)49(66)56-36(8)48(65)38-18-14-13-15-19-38)60(9)52(69)45(32(2)3)59-51(68)46(33(4)5)61(10)53(70)72-31-37-22-24-39(25-23-37)57-50(67)41(21-16-26-54)58-43(63)30-55/h13-15,18-19,22-25,32-36,40-42,45-48,65H,12,16-17,20-21,26-31,54-55H2,1-11H3,(H,56,66)(H,57,67)(H,58,63)(H,59,68)/t34-,35+,36+,40-,41-,42+,45-,46-,47-,48+/m0/s1. The first-order valence-electron chi connectivity index (χ1n) is 25.5. The van der Waals surface area contributed by atoms with Crippen LogP contribution in [0.5, 0.6) is 0 Å². The summed E-state index contributed by atoms with van der Waals surface area (Å²) in [6.45, 7) is 15.3. The van der Waals surface area contributed by atoms with E-state index in [9.17, 15) is 38.7 Å². The van der Waals surface area contributed by atoms with Crippen molar-refractivity contribution < 1.29 is 48.1 Å². The maximum Gasteiger partial charge on any atom is 0.410 e. The molecule has 1 fully saturated rings. The molecule has 1 heterocycles. The third-order valence-corrected chi connectivity index (χ3v) is 13.8. The van der Waals surface area contributed by atoms with Crippen molar-refractivity contribution in [2.45, 2.75) is 155 Å². The summed E-state index contributed by atoms with van der Waals surface area (Å²) in [6, 6.07) is 11.7. The second kappa shape index (κ2) is 29.8. The third kappa shape index (κ3) is 17.5. The number of nitrogens with two attached hydrogens (primary N) is 2. The molecule has 1 aliphatic heterocycles. The van der Waals surface area contributed by atoms with Gasteiger partial charge in [0.15, 0.2) is 0 Å². The molecule has 10 atom stereocenters. The number of carbonyl (C=O) groups excluding carboxylic acids is 7. The van der Waals surface area contributed by atoms with Crippen molar-refractivity contribution >= 4 is 47.2 Å². The molecular weight excluding hydrogens is 923 g/mol. The van der Waals surface area contributed by atoms with Gasteiger partial charge in [0, 0.05) is 45.4 Å². The smallest absolute Gasteiger partial charge is 0.410 e. The molecule has 0 radical (unpaired) electrons. The number of hydrogen-bond acceptors (Lipinski definition) is 12. The van der Waals surface area contributed by atoms with Crippen molar-refractivity contribution in [3.05, 3.63) is 65.7 Å². The molecule has 0 unspecified atom stereocenters. The molecular formula is C53H85N9O10. The molecule has 9 N–H and O–H groups in total. The van der Waals surface area contributed by atoms with E-state index in [1.165, 1.54) is 19.1 Å². The summed E-state index contributed by atoms with van der Waals surface area (Å²) in [6.07, 6.45) is 1.17. The topological polar surface area (TPSA) is 268 Å². The van der Waals surface area contributed by atoms with Gasteiger partial charge in [-0.3, -0.25) is 33.7 Å². The minimum absolute atomic E-state index is 0.00515. The lowest BCUT2D eigenvalue weighted by Crippen LogP contribution is -2.60. The van der Waals surface area contributed by atoms with Gasteiger partial charge >= 0.3 is 6.09 Å². The summed E-state index contributed by atoms with van der Waals surface area (Å²) in [5.74, 6) is -3.42. The van der Waals surface area contributed by atoms with Crippen molar-refractivity contribution in [1.29, 1.82) is 0 Å². The van der Waals surface area contributed by atoms with E-state index in [-0.39, 0.29) is 61.1 Å². The van der Waals surface area contributed by atoms with Crippen molar-refractivity contribution in [3.63, 3.8) is 0 Å². The summed E-state index contributed by atoms with van der Waals surface area (Å²) in [7, 11) is 4.66. The van der Waals surface area contributed by atoms with E-state index < -0.39 is 72.1 Å². The quantitative estimate of drug-likeness (QED) is 0.0636. The predicted octanol–water partition coefficient (Wildman–Crippen LogP) is 4.08. The van der Waals surface area contributed by atoms with Gasteiger partial charge in [-0.15, -0.1) is 0 Å². The number of carbonyl (C=O) groups is 7. The lowest BCUT2D eigenvalue weighted by Gasteiger charge is -2.40. The van der Waals surface area contributed by atoms with Crippen LogP contribution in [0.2, 0.25) is 0 Å². The number of anilines is 1. The molecule has 2 aromatic rings. The van der Waals surface area contributed by atoms with Crippen LogP contribution >= 0.6 is 0 Å². The molecule has 0 aliphatic carbocycles. The van der Waals surface area contributed by atoms with E-state index in [4.69, 9.17) is 20.9 Å². The number of amides is 7. The molecule has 3 rings (SSSR count). The Morgan fingerprint density at radius 2 is 1.49 bits per heavy atom. The zero-order chi connectivity index (χ0) is 53.8. The average Bonchev–Trinajstić information content (AvgIpc) is 3.83. The highest BCUT2D eigenvalue weighted by Crippen LogP contribution is 2.29. The number of likely N-dealkylation sites (tertiary alicyclic amines) is 1. The number of nitrogens with one attached hydrogen (secondary N) is 4. The highest BCUT2D eigenvalue weighted by molar-refractivity contribution is 5.97. The van der Waals surface area contributed by atoms with Crippen LogP contribution in [-0.2, 0) is 44.8 Å². The van der Waals surface area contributed by atoms with E-state index >= 15 is 0 Å². The minimum atomic E-state index is -1.01. The van der Waals surface area contributed by atoms with Crippen LogP contribution in [0.4, 0.5) is 10.5 Å². The van der Waals surface area contributed by atoms with E-state index in [0.717, 1.165) is 12.8 Å². The Labute approximate surface area is 427 Å². The Kier molecular flexibility index (Phi) is 25.1. The Hall–Kier alpha value is -5.63. The number of nitrogens with zero attached hydrogens (tertiary/aromatic N) is 3. The first kappa shape index (κ1) is 60.7. The molecule has 1 saturated heterocycles. The van der Waals surface area contributed by atoms with Crippen molar-refractivity contribution in [3.8, 4) is 0 Å². The molecule has 2 aromatic carbocycles. The molecule has 0 saturated carbocycles. The van der Waals surface area contributed by atoms with Gasteiger partial charge in [-0.1, -0.05) is 97.4 Å². The Balaban J connectivity index is 1.67. The van der Waals surface area contributed by atoms with E-state index in [2.05, 4.69) is 21.3 Å². The summed E-state index contributed by atoms with van der Waals surface area (Å²) >= 11 is 0. The second-order valence-electron chi connectivity index (χ2n) is 20.0. The molecule has 1 aliphatic rings. The molecule has 19 nitrogen and oxygen atoms in total. The number of hydrogen-bond donors (Lipinski definition) is 7. The van der Waals surface area contributed by atoms with Gasteiger partial charge in [-0.05, 0) is 86.6 Å². The van der Waals surface area contributed by atoms with Crippen LogP contribution in [0.1, 0.15) is 118 Å². The van der Waals surface area contributed by atoms with Crippen LogP contribution in [0, 0.1) is 23.7 Å². The van der Waals surface area contributed by atoms with Crippen LogP contribution in [0.15, 0.2) is 54.6 Å². The maximum absolute atomic E-state index is 14.6. The highest BCUT2D eigenvalue weighted by Gasteiger charge is 2.41. The molecule has 7 amide bonds. The molecule has 72 heavy (non-hydrogen) atoms. The van der Waals surface area contributed by atoms with Gasteiger partial charge < -0.3 is 57.1 Å². The number of aliphatic hydroxyl groups excluding tert-OH is 1.